The number of hydrogen-bond donors (Lipinski definition) is 2. The molecule has 0 atom stereocenters. The first-order valence-corrected chi connectivity index (χ1v) is 5.75. The van der Waals surface area contributed by atoms with Gasteiger partial charge in [0.05, 0.1) is 7.11 Å². The minimum absolute atomic E-state index is 0.611. The van der Waals surface area contributed by atoms with Crippen LogP contribution >= 0.6 is 0 Å². The van der Waals surface area contributed by atoms with Crippen LogP contribution in [0.25, 0.3) is 11.4 Å². The number of nitrogens with one attached hydrogen (secondary N) is 1. The Balaban J connectivity index is 2.48. The largest absolute Gasteiger partial charge is 0.497 e. The maximum Gasteiger partial charge on any atom is 0.161 e. The zero-order valence-electron chi connectivity index (χ0n) is 10.5. The maximum absolute atomic E-state index is 5.41. The molecule has 0 aliphatic heterocycles. The summed E-state index contributed by atoms with van der Waals surface area (Å²) in [5, 5.41) is 0. The molecule has 3 N–H and O–H groups in total. The summed E-state index contributed by atoms with van der Waals surface area (Å²) in [6, 6.07) is 9.47. The third kappa shape index (κ3) is 2.57. The average Bonchev–Trinajstić information content (AvgIpc) is 2.46. The molecule has 0 saturated carbocycles. The van der Waals surface area contributed by atoms with E-state index in [0.717, 1.165) is 23.4 Å². The van der Waals surface area contributed by atoms with Crippen LogP contribution in [0.1, 0.15) is 12.6 Å². The van der Waals surface area contributed by atoms with Crippen molar-refractivity contribution < 1.29 is 4.74 Å². The van der Waals surface area contributed by atoms with Gasteiger partial charge >= 0.3 is 0 Å². The van der Waals surface area contributed by atoms with Crippen LogP contribution < -0.4 is 16.0 Å². The van der Waals surface area contributed by atoms with Gasteiger partial charge in [0.15, 0.2) is 5.82 Å². The van der Waals surface area contributed by atoms with E-state index in [4.69, 9.17) is 10.6 Å². The molecule has 0 saturated heterocycles. The normalized spacial score (nSPS) is 10.2. The van der Waals surface area contributed by atoms with Gasteiger partial charge in [-0.2, -0.15) is 0 Å². The number of ether oxygens (including phenoxy) is 1. The predicted molar refractivity (Wildman–Crippen MR) is 71.2 cm³/mol. The third-order valence-corrected chi connectivity index (χ3v) is 2.62. The second kappa shape index (κ2) is 5.46. The summed E-state index contributed by atoms with van der Waals surface area (Å²) in [6.07, 6.45) is 0.828. The first-order valence-electron chi connectivity index (χ1n) is 5.75. The van der Waals surface area contributed by atoms with Crippen LogP contribution in [0.3, 0.4) is 0 Å². The predicted octanol–water partition coefficient (Wildman–Crippen LogP) is 2.00. The molecule has 0 aliphatic carbocycles. The molecule has 0 spiro atoms. The van der Waals surface area contributed by atoms with Crippen LogP contribution in [0.2, 0.25) is 0 Å². The Bertz CT molecular complexity index is 520. The molecular weight excluding hydrogens is 228 g/mol. The van der Waals surface area contributed by atoms with Crippen molar-refractivity contribution in [1.82, 2.24) is 9.97 Å². The molecule has 0 bridgehead atoms. The first-order chi connectivity index (χ1) is 8.76. The van der Waals surface area contributed by atoms with Crippen LogP contribution in [-0.2, 0) is 6.42 Å². The highest BCUT2D eigenvalue weighted by atomic mass is 16.5. The van der Waals surface area contributed by atoms with E-state index < -0.39 is 0 Å². The van der Waals surface area contributed by atoms with Crippen molar-refractivity contribution in [2.45, 2.75) is 13.3 Å². The van der Waals surface area contributed by atoms with Gasteiger partial charge in [-0.05, 0) is 18.6 Å². The molecule has 5 nitrogen and oxygen atoms in total. The van der Waals surface area contributed by atoms with Crippen molar-refractivity contribution in [2.24, 2.45) is 5.84 Å². The molecule has 5 heteroatoms. The zero-order chi connectivity index (χ0) is 13.0. The molecule has 18 heavy (non-hydrogen) atoms. The number of anilines is 1. The number of aryl methyl sites for hydroxylation is 1. The Morgan fingerprint density at radius 1 is 1.28 bits per heavy atom. The molecule has 0 fully saturated rings. The van der Waals surface area contributed by atoms with Gasteiger partial charge in [0.2, 0.25) is 0 Å². The fraction of sp³-hybridized carbons (Fsp3) is 0.231. The van der Waals surface area contributed by atoms with E-state index in [1.54, 1.807) is 7.11 Å². The summed E-state index contributed by atoms with van der Waals surface area (Å²) in [5.41, 5.74) is 4.40. The lowest BCUT2D eigenvalue weighted by molar-refractivity contribution is 0.415. The summed E-state index contributed by atoms with van der Waals surface area (Å²) >= 11 is 0. The fourth-order valence-electron chi connectivity index (χ4n) is 1.64. The van der Waals surface area contributed by atoms with Gasteiger partial charge in [-0.25, -0.2) is 15.8 Å². The lowest BCUT2D eigenvalue weighted by Gasteiger charge is -2.07. The SMILES string of the molecule is CCc1cc(NN)nc(-c2cccc(OC)c2)n1. The molecule has 0 radical (unpaired) electrons. The lowest BCUT2D eigenvalue weighted by Crippen LogP contribution is -2.10. The molecular formula is C13H16N4O. The standard InChI is InChI=1S/C13H16N4O/c1-3-10-8-12(17-14)16-13(15-10)9-5-4-6-11(7-9)18-2/h4-8H,3,14H2,1-2H3,(H,15,16,17). The topological polar surface area (TPSA) is 73.1 Å². The average molecular weight is 244 g/mol. The molecule has 1 aromatic heterocycles. The highest BCUT2D eigenvalue weighted by Gasteiger charge is 2.06. The van der Waals surface area contributed by atoms with Crippen LogP contribution in [-0.4, -0.2) is 17.1 Å². The third-order valence-electron chi connectivity index (χ3n) is 2.62. The van der Waals surface area contributed by atoms with E-state index >= 15 is 0 Å². The summed E-state index contributed by atoms with van der Waals surface area (Å²) in [5.74, 6) is 7.44. The van der Waals surface area contributed by atoms with Crippen molar-refractivity contribution >= 4 is 5.82 Å². The molecule has 1 heterocycles. The minimum Gasteiger partial charge on any atom is -0.497 e. The first kappa shape index (κ1) is 12.3. The highest BCUT2D eigenvalue weighted by molar-refractivity contribution is 5.59. The second-order valence-corrected chi connectivity index (χ2v) is 3.80. The van der Waals surface area contributed by atoms with Gasteiger partial charge in [0.25, 0.3) is 0 Å². The molecule has 1 aromatic carbocycles. The fourth-order valence-corrected chi connectivity index (χ4v) is 1.64. The lowest BCUT2D eigenvalue weighted by atomic mass is 10.2. The van der Waals surface area contributed by atoms with Crippen LogP contribution in [0, 0.1) is 0 Å². The Morgan fingerprint density at radius 3 is 2.78 bits per heavy atom. The number of nitrogen functional groups attached to an aromatic ring is 1. The van der Waals surface area contributed by atoms with Crippen molar-refractivity contribution in [1.29, 1.82) is 0 Å². The Morgan fingerprint density at radius 2 is 2.11 bits per heavy atom. The van der Waals surface area contributed by atoms with Crippen LogP contribution in [0.15, 0.2) is 30.3 Å². The number of rotatable bonds is 4. The number of methoxy groups -OCH3 is 1. The van der Waals surface area contributed by atoms with E-state index in [2.05, 4.69) is 15.4 Å². The zero-order valence-corrected chi connectivity index (χ0v) is 10.5. The number of benzene rings is 1. The van der Waals surface area contributed by atoms with E-state index in [9.17, 15) is 0 Å². The maximum atomic E-state index is 5.41. The number of nitrogens with zero attached hydrogens (tertiary/aromatic N) is 2. The van der Waals surface area contributed by atoms with Gasteiger partial charge in [-0.3, -0.25) is 0 Å². The molecule has 0 amide bonds. The van der Waals surface area contributed by atoms with E-state index in [1.165, 1.54) is 0 Å². The number of aromatic nitrogens is 2. The quantitative estimate of drug-likeness (QED) is 0.635. The Kier molecular flexibility index (Phi) is 3.74. The Hall–Kier alpha value is -2.14. The molecule has 2 rings (SSSR count). The molecule has 0 unspecified atom stereocenters. The molecule has 0 aliphatic rings. The van der Waals surface area contributed by atoms with Gasteiger partial charge < -0.3 is 10.2 Å². The second-order valence-electron chi connectivity index (χ2n) is 3.80. The number of nitrogens with two attached hydrogens (primary N) is 1. The van der Waals surface area contributed by atoms with Crippen molar-refractivity contribution in [3.8, 4) is 17.1 Å². The molecule has 94 valence electrons. The van der Waals surface area contributed by atoms with Crippen LogP contribution in [0.4, 0.5) is 5.82 Å². The van der Waals surface area contributed by atoms with Crippen LogP contribution in [0.5, 0.6) is 5.75 Å². The monoisotopic (exact) mass is 244 g/mol. The van der Waals surface area contributed by atoms with Gasteiger partial charge in [-0.1, -0.05) is 19.1 Å². The smallest absolute Gasteiger partial charge is 0.161 e. The summed E-state index contributed by atoms with van der Waals surface area (Å²) in [7, 11) is 1.63. The summed E-state index contributed by atoms with van der Waals surface area (Å²) in [4.78, 5) is 8.83. The number of hydrogen-bond acceptors (Lipinski definition) is 5. The highest BCUT2D eigenvalue weighted by Crippen LogP contribution is 2.22. The van der Waals surface area contributed by atoms with Gasteiger partial charge in [-0.15, -0.1) is 0 Å². The van der Waals surface area contributed by atoms with Gasteiger partial charge in [0, 0.05) is 17.3 Å². The van der Waals surface area contributed by atoms with E-state index in [-0.39, 0.29) is 0 Å². The Labute approximate surface area is 106 Å². The molecule has 2 aromatic rings. The van der Waals surface area contributed by atoms with E-state index in [0.29, 0.717) is 11.6 Å². The summed E-state index contributed by atoms with van der Waals surface area (Å²) < 4.78 is 5.19. The minimum atomic E-state index is 0.611. The van der Waals surface area contributed by atoms with Gasteiger partial charge in [0.1, 0.15) is 11.6 Å². The van der Waals surface area contributed by atoms with Crippen molar-refractivity contribution in [3.05, 3.63) is 36.0 Å². The van der Waals surface area contributed by atoms with Crippen molar-refractivity contribution in [2.75, 3.05) is 12.5 Å². The summed E-state index contributed by atoms with van der Waals surface area (Å²) in [6.45, 7) is 2.04. The number of hydrazine groups is 1. The van der Waals surface area contributed by atoms with E-state index in [1.807, 2.05) is 37.3 Å². The van der Waals surface area contributed by atoms with Crippen molar-refractivity contribution in [3.63, 3.8) is 0 Å².